The quantitative estimate of drug-likeness (QED) is 0.532. The van der Waals surface area contributed by atoms with E-state index in [0.717, 1.165) is 38.4 Å². The lowest BCUT2D eigenvalue weighted by Crippen LogP contribution is -2.45. The fourth-order valence-electron chi connectivity index (χ4n) is 4.80. The van der Waals surface area contributed by atoms with E-state index in [0.29, 0.717) is 24.6 Å². The van der Waals surface area contributed by atoms with E-state index in [-0.39, 0.29) is 22.9 Å². The summed E-state index contributed by atoms with van der Waals surface area (Å²) < 4.78 is 0. The molecule has 7 nitrogen and oxygen atoms in total. The van der Waals surface area contributed by atoms with E-state index in [2.05, 4.69) is 16.8 Å². The highest BCUT2D eigenvalue weighted by molar-refractivity contribution is 6.00. The lowest BCUT2D eigenvalue weighted by atomic mass is 9.94. The van der Waals surface area contributed by atoms with Crippen LogP contribution in [0.4, 0.5) is 5.69 Å². The Kier molecular flexibility index (Phi) is 6.61. The molecule has 0 bridgehead atoms. The first-order valence-corrected chi connectivity index (χ1v) is 11.2. The van der Waals surface area contributed by atoms with Gasteiger partial charge in [-0.1, -0.05) is 37.3 Å². The lowest BCUT2D eigenvalue weighted by molar-refractivity contribution is -0.384. The molecule has 1 aromatic carbocycles. The maximum absolute atomic E-state index is 13.4. The molecule has 0 aliphatic carbocycles. The van der Waals surface area contributed by atoms with Gasteiger partial charge in [-0.05, 0) is 56.7 Å². The minimum Gasteiger partial charge on any atom is -0.338 e. The van der Waals surface area contributed by atoms with Crippen molar-refractivity contribution in [3.8, 4) is 11.3 Å². The number of nitro groups is 1. The number of carbonyl (C=O) groups is 1. The van der Waals surface area contributed by atoms with Crippen LogP contribution in [0.2, 0.25) is 0 Å². The fraction of sp³-hybridized carbons (Fsp3) is 0.500. The Morgan fingerprint density at radius 2 is 1.87 bits per heavy atom. The number of piperidine rings is 2. The summed E-state index contributed by atoms with van der Waals surface area (Å²) >= 11 is 0. The smallest absolute Gasteiger partial charge is 0.308 e. The highest BCUT2D eigenvalue weighted by atomic mass is 16.6. The van der Waals surface area contributed by atoms with Gasteiger partial charge in [-0.3, -0.25) is 14.9 Å². The predicted octanol–water partition coefficient (Wildman–Crippen LogP) is 4.24. The Morgan fingerprint density at radius 3 is 2.58 bits per heavy atom. The van der Waals surface area contributed by atoms with Crippen LogP contribution >= 0.6 is 0 Å². The molecule has 164 valence electrons. The zero-order valence-corrected chi connectivity index (χ0v) is 18.1. The third kappa shape index (κ3) is 4.93. The highest BCUT2D eigenvalue weighted by Gasteiger charge is 2.32. The van der Waals surface area contributed by atoms with E-state index in [1.54, 1.807) is 17.0 Å². The van der Waals surface area contributed by atoms with Crippen LogP contribution in [0, 0.1) is 22.0 Å². The maximum atomic E-state index is 13.4. The fourth-order valence-corrected chi connectivity index (χ4v) is 4.80. The van der Waals surface area contributed by atoms with Gasteiger partial charge in [0.1, 0.15) is 11.3 Å². The monoisotopic (exact) mass is 422 g/mol. The van der Waals surface area contributed by atoms with Gasteiger partial charge in [0.2, 0.25) is 0 Å². The average molecular weight is 423 g/mol. The molecule has 0 saturated carbocycles. The van der Waals surface area contributed by atoms with E-state index in [4.69, 9.17) is 0 Å². The summed E-state index contributed by atoms with van der Waals surface area (Å²) in [5.74, 6) is 0.954. The van der Waals surface area contributed by atoms with Crippen LogP contribution in [-0.2, 0) is 0 Å². The molecule has 3 heterocycles. The van der Waals surface area contributed by atoms with Crippen LogP contribution in [0.25, 0.3) is 11.3 Å². The number of rotatable bonds is 5. The Labute approximate surface area is 183 Å². The van der Waals surface area contributed by atoms with Crippen molar-refractivity contribution in [1.29, 1.82) is 0 Å². The molecular formula is C24H30N4O3. The molecule has 2 fully saturated rings. The first-order chi connectivity index (χ1) is 15.0. The maximum Gasteiger partial charge on any atom is 0.308 e. The molecule has 31 heavy (non-hydrogen) atoms. The molecule has 2 aliphatic heterocycles. The molecule has 1 atom stereocenters. The second-order valence-corrected chi connectivity index (χ2v) is 8.92. The molecule has 0 radical (unpaired) electrons. The van der Waals surface area contributed by atoms with Crippen molar-refractivity contribution in [2.45, 2.75) is 32.6 Å². The molecular weight excluding hydrogens is 392 g/mol. The van der Waals surface area contributed by atoms with Gasteiger partial charge in [0.05, 0.1) is 4.92 Å². The average Bonchev–Trinajstić information content (AvgIpc) is 2.80. The number of benzene rings is 1. The third-order valence-electron chi connectivity index (χ3n) is 6.58. The molecule has 2 aromatic rings. The third-order valence-corrected chi connectivity index (χ3v) is 6.58. The number of amides is 1. The lowest BCUT2D eigenvalue weighted by Gasteiger charge is -2.37. The van der Waals surface area contributed by atoms with Gasteiger partial charge in [0.25, 0.3) is 5.91 Å². The topological polar surface area (TPSA) is 79.6 Å². The van der Waals surface area contributed by atoms with Crippen LogP contribution in [0.15, 0.2) is 42.6 Å². The Morgan fingerprint density at radius 1 is 1.13 bits per heavy atom. The molecule has 7 heteroatoms. The molecule has 0 N–H and O–H groups in total. The van der Waals surface area contributed by atoms with E-state index in [9.17, 15) is 14.9 Å². The number of hydrogen-bond donors (Lipinski definition) is 0. The predicted molar refractivity (Wildman–Crippen MR) is 120 cm³/mol. The van der Waals surface area contributed by atoms with Crippen molar-refractivity contribution in [2.75, 3.05) is 32.7 Å². The minimum atomic E-state index is -0.473. The summed E-state index contributed by atoms with van der Waals surface area (Å²) in [6, 6.07) is 10.5. The normalized spacial score (nSPS) is 20.5. The molecule has 0 spiro atoms. The van der Waals surface area contributed by atoms with Crippen molar-refractivity contribution >= 4 is 11.6 Å². The summed E-state index contributed by atoms with van der Waals surface area (Å²) in [5, 5.41) is 11.9. The number of likely N-dealkylation sites (tertiary alicyclic amines) is 2. The molecule has 2 aliphatic rings. The first-order valence-electron chi connectivity index (χ1n) is 11.2. The van der Waals surface area contributed by atoms with Crippen LogP contribution < -0.4 is 0 Å². The van der Waals surface area contributed by atoms with E-state index in [1.165, 1.54) is 25.1 Å². The van der Waals surface area contributed by atoms with Crippen molar-refractivity contribution in [2.24, 2.45) is 11.8 Å². The number of aromatic nitrogens is 1. The molecule has 2 saturated heterocycles. The number of carbonyl (C=O) groups excluding carboxylic acids is 1. The Balaban J connectivity index is 1.53. The van der Waals surface area contributed by atoms with Crippen LogP contribution in [0.5, 0.6) is 0 Å². The summed E-state index contributed by atoms with van der Waals surface area (Å²) in [6.45, 7) is 6.87. The van der Waals surface area contributed by atoms with E-state index in [1.807, 2.05) is 18.2 Å². The first kappa shape index (κ1) is 21.4. The molecule has 0 unspecified atom stereocenters. The van der Waals surface area contributed by atoms with Gasteiger partial charge >= 0.3 is 5.69 Å². The zero-order valence-electron chi connectivity index (χ0n) is 18.1. The van der Waals surface area contributed by atoms with Gasteiger partial charge in [-0.15, -0.1) is 0 Å². The summed E-state index contributed by atoms with van der Waals surface area (Å²) in [5.41, 5.74) is 0.810. The Hall–Kier alpha value is -2.80. The molecule has 4 rings (SSSR count). The van der Waals surface area contributed by atoms with Crippen LogP contribution in [-0.4, -0.2) is 58.3 Å². The standard InChI is InChI=1S/C24H30N4O3/c1-18-10-14-26(15-11-18)16-19-6-5-13-27(17-19)24(29)21-9-12-25-22(23(21)28(30)31)20-7-3-2-4-8-20/h2-4,7-9,12,18-19H,5-6,10-11,13-17H2,1H3/t19-/m0/s1. The van der Waals surface area contributed by atoms with Gasteiger partial charge in [-0.25, -0.2) is 4.98 Å². The van der Waals surface area contributed by atoms with Crippen molar-refractivity contribution < 1.29 is 9.72 Å². The number of nitrogens with zero attached hydrogens (tertiary/aromatic N) is 4. The number of hydrogen-bond acceptors (Lipinski definition) is 5. The molecule has 1 aromatic heterocycles. The SMILES string of the molecule is CC1CCN(C[C@@H]2CCCN(C(=O)c3ccnc(-c4ccccc4)c3[N+](=O)[O-])C2)CC1. The molecule has 1 amide bonds. The van der Waals surface area contributed by atoms with Gasteiger partial charge < -0.3 is 9.80 Å². The summed E-state index contributed by atoms with van der Waals surface area (Å²) in [4.78, 5) is 33.4. The minimum absolute atomic E-state index is 0.131. The van der Waals surface area contributed by atoms with Gasteiger partial charge in [-0.2, -0.15) is 0 Å². The Bertz CT molecular complexity index is 926. The second kappa shape index (κ2) is 9.56. The van der Waals surface area contributed by atoms with Crippen molar-refractivity contribution in [3.05, 3.63) is 58.3 Å². The van der Waals surface area contributed by atoms with Gasteiger partial charge in [0, 0.05) is 31.4 Å². The van der Waals surface area contributed by atoms with Gasteiger partial charge in [0.15, 0.2) is 0 Å². The zero-order chi connectivity index (χ0) is 21.8. The number of pyridine rings is 1. The second-order valence-electron chi connectivity index (χ2n) is 8.92. The highest BCUT2D eigenvalue weighted by Crippen LogP contribution is 2.32. The summed E-state index contributed by atoms with van der Waals surface area (Å²) in [7, 11) is 0. The van der Waals surface area contributed by atoms with Crippen molar-refractivity contribution in [1.82, 2.24) is 14.8 Å². The summed E-state index contributed by atoms with van der Waals surface area (Å²) in [6.07, 6.45) is 6.01. The van der Waals surface area contributed by atoms with Crippen LogP contribution in [0.1, 0.15) is 43.0 Å². The van der Waals surface area contributed by atoms with E-state index >= 15 is 0 Å². The largest absolute Gasteiger partial charge is 0.338 e. The van der Waals surface area contributed by atoms with Crippen molar-refractivity contribution in [3.63, 3.8) is 0 Å². The van der Waals surface area contributed by atoms with Crippen LogP contribution in [0.3, 0.4) is 0 Å². The van der Waals surface area contributed by atoms with E-state index < -0.39 is 4.92 Å².